The number of benzene rings is 3. The van der Waals surface area contributed by atoms with Crippen molar-refractivity contribution in [3.05, 3.63) is 96.1 Å². The lowest BCUT2D eigenvalue weighted by Gasteiger charge is -2.28. The van der Waals surface area contributed by atoms with Gasteiger partial charge in [0.15, 0.2) is 6.04 Å². The Morgan fingerprint density at radius 2 is 1.43 bits per heavy atom. The molecule has 140 valence electrons. The van der Waals surface area contributed by atoms with Crippen molar-refractivity contribution in [2.45, 2.75) is 18.6 Å². The summed E-state index contributed by atoms with van der Waals surface area (Å²) in [6, 6.07) is 27.5. The number of carbonyl (C=O) groups is 1. The number of rotatable bonds is 4. The fraction of sp³-hybridized carbons (Fsp3) is 0.167. The predicted octanol–water partition coefficient (Wildman–Crippen LogP) is 4.80. The summed E-state index contributed by atoms with van der Waals surface area (Å²) in [7, 11) is 1.39. The smallest absolute Gasteiger partial charge is 0.330 e. The molecule has 28 heavy (non-hydrogen) atoms. The molecule has 0 fully saturated rings. The Morgan fingerprint density at radius 1 is 0.857 bits per heavy atom. The zero-order valence-electron chi connectivity index (χ0n) is 15.6. The van der Waals surface area contributed by atoms with Gasteiger partial charge in [0.25, 0.3) is 0 Å². The first kappa shape index (κ1) is 18.0. The Labute approximate surface area is 164 Å². The van der Waals surface area contributed by atoms with Gasteiger partial charge in [-0.15, -0.1) is 0 Å². The first-order chi connectivity index (χ1) is 13.7. The molecule has 3 aromatic rings. The second kappa shape index (κ2) is 8.09. The lowest BCUT2D eigenvalue weighted by atomic mass is 9.97. The molecule has 0 spiro atoms. The number of methoxy groups -OCH3 is 1. The summed E-state index contributed by atoms with van der Waals surface area (Å²) in [4.78, 5) is 16.7. The van der Waals surface area contributed by atoms with Crippen molar-refractivity contribution < 1.29 is 14.3 Å². The predicted molar refractivity (Wildman–Crippen MR) is 109 cm³/mol. The molecule has 1 aliphatic rings. The van der Waals surface area contributed by atoms with Crippen LogP contribution in [0.25, 0.3) is 11.1 Å². The summed E-state index contributed by atoms with van der Waals surface area (Å²) >= 11 is 0. The highest BCUT2D eigenvalue weighted by molar-refractivity contribution is 5.96. The van der Waals surface area contributed by atoms with Crippen LogP contribution in [0.15, 0.2) is 89.9 Å². The van der Waals surface area contributed by atoms with Gasteiger partial charge in [0, 0.05) is 12.0 Å². The van der Waals surface area contributed by atoms with E-state index in [0.29, 0.717) is 12.3 Å². The molecule has 0 bridgehead atoms. The van der Waals surface area contributed by atoms with Crippen LogP contribution in [-0.4, -0.2) is 25.0 Å². The number of aliphatic imine (C=N–C) groups is 1. The number of carbonyl (C=O) groups excluding carboxylic acids is 1. The van der Waals surface area contributed by atoms with Crippen molar-refractivity contribution in [1.29, 1.82) is 0 Å². The minimum absolute atomic E-state index is 0.262. The van der Waals surface area contributed by atoms with Crippen LogP contribution in [0.2, 0.25) is 0 Å². The highest BCUT2D eigenvalue weighted by Crippen LogP contribution is 2.31. The van der Waals surface area contributed by atoms with Crippen LogP contribution in [0.1, 0.15) is 23.7 Å². The molecule has 0 aliphatic carbocycles. The van der Waals surface area contributed by atoms with Crippen molar-refractivity contribution in [2.24, 2.45) is 4.99 Å². The van der Waals surface area contributed by atoms with Crippen LogP contribution >= 0.6 is 0 Å². The average Bonchev–Trinajstić information content (AvgIpc) is 2.79. The van der Waals surface area contributed by atoms with Gasteiger partial charge in [0.05, 0.1) is 7.11 Å². The molecule has 3 aromatic carbocycles. The SMILES string of the molecule is COC(=O)[C@H]1C[C@@H](c2ccc(-c3ccccc3)cc2)OC(c2ccccc2)=N1. The third-order valence-corrected chi connectivity index (χ3v) is 4.85. The number of hydrogen-bond donors (Lipinski definition) is 0. The van der Waals surface area contributed by atoms with Crippen molar-refractivity contribution in [1.82, 2.24) is 0 Å². The van der Waals surface area contributed by atoms with E-state index in [0.717, 1.165) is 22.3 Å². The minimum Gasteiger partial charge on any atom is -0.469 e. The van der Waals surface area contributed by atoms with Crippen LogP contribution in [0.5, 0.6) is 0 Å². The summed E-state index contributed by atoms with van der Waals surface area (Å²) in [5, 5.41) is 0. The summed E-state index contributed by atoms with van der Waals surface area (Å²) < 4.78 is 11.1. The van der Waals surface area contributed by atoms with E-state index >= 15 is 0 Å². The molecular formula is C24H21NO3. The van der Waals surface area contributed by atoms with E-state index in [1.165, 1.54) is 7.11 Å². The van der Waals surface area contributed by atoms with Crippen molar-refractivity contribution in [3.63, 3.8) is 0 Å². The maximum absolute atomic E-state index is 12.2. The van der Waals surface area contributed by atoms with Gasteiger partial charge in [0.2, 0.25) is 5.90 Å². The number of ether oxygens (including phenoxy) is 2. The van der Waals surface area contributed by atoms with Gasteiger partial charge < -0.3 is 9.47 Å². The van der Waals surface area contributed by atoms with Gasteiger partial charge in [-0.1, -0.05) is 72.8 Å². The fourth-order valence-corrected chi connectivity index (χ4v) is 3.34. The minimum atomic E-state index is -0.576. The second-order valence-electron chi connectivity index (χ2n) is 6.67. The van der Waals surface area contributed by atoms with Gasteiger partial charge in [0.1, 0.15) is 6.10 Å². The Kier molecular flexibility index (Phi) is 5.20. The van der Waals surface area contributed by atoms with Gasteiger partial charge in [-0.2, -0.15) is 0 Å². The summed E-state index contributed by atoms with van der Waals surface area (Å²) in [6.07, 6.45) is 0.190. The zero-order valence-corrected chi connectivity index (χ0v) is 15.6. The van der Waals surface area contributed by atoms with Crippen LogP contribution in [0.4, 0.5) is 0 Å². The second-order valence-corrected chi connectivity index (χ2v) is 6.67. The van der Waals surface area contributed by atoms with Crippen LogP contribution in [0, 0.1) is 0 Å². The van der Waals surface area contributed by atoms with E-state index in [4.69, 9.17) is 9.47 Å². The molecule has 1 heterocycles. The first-order valence-corrected chi connectivity index (χ1v) is 9.27. The highest BCUT2D eigenvalue weighted by atomic mass is 16.5. The molecule has 0 amide bonds. The van der Waals surface area contributed by atoms with Gasteiger partial charge in [-0.3, -0.25) is 0 Å². The quantitative estimate of drug-likeness (QED) is 0.619. The Balaban J connectivity index is 1.62. The normalized spacial score (nSPS) is 18.7. The van der Waals surface area contributed by atoms with Crippen LogP contribution < -0.4 is 0 Å². The monoisotopic (exact) mass is 371 g/mol. The molecule has 4 heteroatoms. The Morgan fingerprint density at radius 3 is 2.04 bits per heavy atom. The third kappa shape index (κ3) is 3.81. The van der Waals surface area contributed by atoms with E-state index in [1.54, 1.807) is 0 Å². The average molecular weight is 371 g/mol. The fourth-order valence-electron chi connectivity index (χ4n) is 3.34. The molecule has 1 aliphatic heterocycles. The first-order valence-electron chi connectivity index (χ1n) is 9.27. The van der Waals surface area contributed by atoms with E-state index in [9.17, 15) is 4.79 Å². The molecule has 0 radical (unpaired) electrons. The molecule has 0 N–H and O–H groups in total. The topological polar surface area (TPSA) is 47.9 Å². The van der Waals surface area contributed by atoms with E-state index in [-0.39, 0.29) is 12.1 Å². The Hall–Kier alpha value is -3.40. The standard InChI is InChI=1S/C24H21NO3/c1-27-24(26)21-16-22(28-23(25-21)20-10-6-3-7-11-20)19-14-12-18(13-15-19)17-8-4-2-5-9-17/h2-15,21-22H,16H2,1H3/t21-,22+/m1/s1. The maximum atomic E-state index is 12.2. The lowest BCUT2D eigenvalue weighted by Crippen LogP contribution is -2.31. The van der Waals surface area contributed by atoms with E-state index < -0.39 is 6.04 Å². The summed E-state index contributed by atoms with van der Waals surface area (Å²) in [5.74, 6) is 0.127. The van der Waals surface area contributed by atoms with Gasteiger partial charge >= 0.3 is 5.97 Å². The van der Waals surface area contributed by atoms with Crippen molar-refractivity contribution in [2.75, 3.05) is 7.11 Å². The molecular weight excluding hydrogens is 350 g/mol. The van der Waals surface area contributed by atoms with Crippen LogP contribution in [-0.2, 0) is 14.3 Å². The molecule has 2 atom stereocenters. The van der Waals surface area contributed by atoms with Crippen molar-refractivity contribution in [3.8, 4) is 11.1 Å². The highest BCUT2D eigenvalue weighted by Gasteiger charge is 2.32. The molecule has 0 saturated heterocycles. The molecule has 0 aromatic heterocycles. The maximum Gasteiger partial charge on any atom is 0.330 e. The van der Waals surface area contributed by atoms with Gasteiger partial charge in [-0.05, 0) is 28.8 Å². The molecule has 4 nitrogen and oxygen atoms in total. The summed E-state index contributed by atoms with van der Waals surface area (Å²) in [5.41, 5.74) is 4.16. The summed E-state index contributed by atoms with van der Waals surface area (Å²) in [6.45, 7) is 0. The Bertz CT molecular complexity index is 966. The molecule has 0 unspecified atom stereocenters. The molecule has 0 saturated carbocycles. The molecule has 4 rings (SSSR count). The zero-order chi connectivity index (χ0) is 19.3. The van der Waals surface area contributed by atoms with Crippen molar-refractivity contribution >= 4 is 11.9 Å². The van der Waals surface area contributed by atoms with E-state index in [1.807, 2.05) is 48.5 Å². The number of nitrogens with zero attached hydrogens (tertiary/aromatic N) is 1. The lowest BCUT2D eigenvalue weighted by molar-refractivity contribution is -0.143. The van der Waals surface area contributed by atoms with Crippen LogP contribution in [0.3, 0.4) is 0 Å². The third-order valence-electron chi connectivity index (χ3n) is 4.85. The van der Waals surface area contributed by atoms with Gasteiger partial charge in [-0.25, -0.2) is 9.79 Å². The number of esters is 1. The largest absolute Gasteiger partial charge is 0.469 e. The number of hydrogen-bond acceptors (Lipinski definition) is 4. The van der Waals surface area contributed by atoms with E-state index in [2.05, 4.69) is 41.4 Å².